The summed E-state index contributed by atoms with van der Waals surface area (Å²) in [7, 11) is 2.26. The molecule has 3 heteroatoms. The second-order valence-electron chi connectivity index (χ2n) is 7.48. The minimum atomic E-state index is 0.146. The van der Waals surface area contributed by atoms with Gasteiger partial charge in [-0.05, 0) is 37.6 Å². The first-order valence-electron chi connectivity index (χ1n) is 8.86. The molecule has 3 atom stereocenters. The Morgan fingerprint density at radius 1 is 1.08 bits per heavy atom. The van der Waals surface area contributed by atoms with Gasteiger partial charge in [-0.25, -0.2) is 0 Å². The topological polar surface area (TPSA) is 24.8 Å². The number of likely N-dealkylation sites (N-methyl/N-ethyl adjacent to an activating group) is 1. The summed E-state index contributed by atoms with van der Waals surface area (Å²) in [5, 5.41) is 0. The summed E-state index contributed by atoms with van der Waals surface area (Å²) >= 11 is 0. The third kappa shape index (κ3) is 2.44. The van der Waals surface area contributed by atoms with Crippen LogP contribution >= 0.6 is 0 Å². The molecule has 0 saturated carbocycles. The van der Waals surface area contributed by atoms with Crippen LogP contribution in [0.3, 0.4) is 0 Å². The zero-order valence-electron chi connectivity index (χ0n) is 14.7. The van der Waals surface area contributed by atoms with Crippen LogP contribution in [0, 0.1) is 13.8 Å². The van der Waals surface area contributed by atoms with Gasteiger partial charge >= 0.3 is 0 Å². The van der Waals surface area contributed by atoms with E-state index in [0.717, 1.165) is 30.8 Å². The van der Waals surface area contributed by atoms with Crippen LogP contribution in [-0.4, -0.2) is 32.1 Å². The van der Waals surface area contributed by atoms with Gasteiger partial charge in [0.05, 0.1) is 32.1 Å². The maximum atomic E-state index is 13.3. The van der Waals surface area contributed by atoms with Crippen LogP contribution < -0.4 is 9.80 Å². The Labute approximate surface area is 143 Å². The van der Waals surface area contributed by atoms with Gasteiger partial charge in [-0.1, -0.05) is 35.4 Å². The van der Waals surface area contributed by atoms with E-state index in [1.807, 2.05) is 24.3 Å². The van der Waals surface area contributed by atoms with Crippen LogP contribution in [0.2, 0.25) is 0 Å². The first-order chi connectivity index (χ1) is 11.5. The quantitative estimate of drug-likeness (QED) is 0.857. The number of nitrogens with one attached hydrogen (secondary N) is 1. The Morgan fingerprint density at radius 3 is 2.54 bits per heavy atom. The highest BCUT2D eigenvalue weighted by molar-refractivity contribution is 6.08. The van der Waals surface area contributed by atoms with Crippen molar-refractivity contribution in [1.29, 1.82) is 0 Å². The van der Waals surface area contributed by atoms with Crippen molar-refractivity contribution in [2.24, 2.45) is 0 Å². The molecule has 2 aliphatic heterocycles. The number of carbonyl (C=O) groups is 1. The smallest absolute Gasteiger partial charge is 0.258 e. The lowest BCUT2D eigenvalue weighted by Crippen LogP contribution is -3.11. The van der Waals surface area contributed by atoms with Gasteiger partial charge in [-0.15, -0.1) is 0 Å². The third-order valence-electron chi connectivity index (χ3n) is 5.59. The van der Waals surface area contributed by atoms with Gasteiger partial charge in [0.25, 0.3) is 5.91 Å². The SMILES string of the molecule is Cc1ccc(C(=O)N2c3ccc(C)cc3C3C[NH+](C)CCC32)cc1. The van der Waals surface area contributed by atoms with Crippen molar-refractivity contribution in [2.75, 3.05) is 25.0 Å². The molecule has 124 valence electrons. The van der Waals surface area contributed by atoms with Crippen LogP contribution in [0.5, 0.6) is 0 Å². The fourth-order valence-corrected chi connectivity index (χ4v) is 4.30. The van der Waals surface area contributed by atoms with E-state index in [1.54, 1.807) is 4.90 Å². The average molecular weight is 321 g/mol. The molecule has 0 aromatic heterocycles. The lowest BCUT2D eigenvalue weighted by atomic mass is 9.88. The van der Waals surface area contributed by atoms with Gasteiger partial charge < -0.3 is 9.80 Å². The Kier molecular flexibility index (Phi) is 3.69. The molecule has 1 fully saturated rings. The molecule has 0 aliphatic carbocycles. The zero-order valence-corrected chi connectivity index (χ0v) is 14.7. The van der Waals surface area contributed by atoms with E-state index in [-0.39, 0.29) is 5.91 Å². The Bertz CT molecular complexity index is 781. The number of hydrogen-bond acceptors (Lipinski definition) is 1. The number of amides is 1. The number of aryl methyl sites for hydroxylation is 2. The number of anilines is 1. The molecule has 0 bridgehead atoms. The molecular weight excluding hydrogens is 296 g/mol. The van der Waals surface area contributed by atoms with E-state index in [0.29, 0.717) is 12.0 Å². The highest BCUT2D eigenvalue weighted by atomic mass is 16.2. The van der Waals surface area contributed by atoms with E-state index in [9.17, 15) is 4.79 Å². The largest absolute Gasteiger partial charge is 0.337 e. The molecule has 24 heavy (non-hydrogen) atoms. The number of carbonyl (C=O) groups excluding carboxylic acids is 1. The van der Waals surface area contributed by atoms with Gasteiger partial charge in [0.1, 0.15) is 0 Å². The summed E-state index contributed by atoms with van der Waals surface area (Å²) in [6.45, 7) is 6.43. The van der Waals surface area contributed by atoms with Crippen molar-refractivity contribution in [1.82, 2.24) is 0 Å². The number of benzene rings is 2. The van der Waals surface area contributed by atoms with E-state index in [1.165, 1.54) is 16.7 Å². The number of rotatable bonds is 1. The first-order valence-corrected chi connectivity index (χ1v) is 8.86. The van der Waals surface area contributed by atoms with Gasteiger partial charge in [0.15, 0.2) is 0 Å². The van der Waals surface area contributed by atoms with Crippen molar-refractivity contribution in [3.63, 3.8) is 0 Å². The van der Waals surface area contributed by atoms with Gasteiger partial charge in [0, 0.05) is 17.7 Å². The maximum absolute atomic E-state index is 13.3. The van der Waals surface area contributed by atoms with Crippen LogP contribution in [0.1, 0.15) is 39.4 Å². The van der Waals surface area contributed by atoms with Gasteiger partial charge in [0.2, 0.25) is 0 Å². The van der Waals surface area contributed by atoms with Crippen molar-refractivity contribution >= 4 is 11.6 Å². The maximum Gasteiger partial charge on any atom is 0.258 e. The molecule has 4 rings (SSSR count). The van der Waals surface area contributed by atoms with E-state index in [4.69, 9.17) is 0 Å². The first kappa shape index (κ1) is 15.4. The molecular formula is C21H25N2O+. The predicted molar refractivity (Wildman–Crippen MR) is 96.9 cm³/mol. The van der Waals surface area contributed by atoms with Gasteiger partial charge in [-0.3, -0.25) is 4.79 Å². The monoisotopic (exact) mass is 321 g/mol. The second-order valence-corrected chi connectivity index (χ2v) is 7.48. The molecule has 2 aromatic rings. The molecule has 3 nitrogen and oxygen atoms in total. The minimum absolute atomic E-state index is 0.146. The molecule has 2 heterocycles. The van der Waals surface area contributed by atoms with E-state index < -0.39 is 0 Å². The zero-order chi connectivity index (χ0) is 16.8. The molecule has 2 aromatic carbocycles. The highest BCUT2D eigenvalue weighted by Gasteiger charge is 2.45. The molecule has 2 aliphatic rings. The fourth-order valence-electron chi connectivity index (χ4n) is 4.30. The van der Waals surface area contributed by atoms with Crippen LogP contribution in [0.4, 0.5) is 5.69 Å². The number of piperidine rings is 1. The summed E-state index contributed by atoms with van der Waals surface area (Å²) in [6.07, 6.45) is 1.07. The standard InChI is InChI=1S/C21H24N2O/c1-14-4-7-16(8-5-14)21(24)23-19-9-6-15(2)12-17(19)18-13-22(3)11-10-20(18)23/h4-9,12,18,20H,10-11,13H2,1-3H3/p+1. The normalized spacial score (nSPS) is 25.3. The third-order valence-corrected chi connectivity index (χ3v) is 5.59. The summed E-state index contributed by atoms with van der Waals surface area (Å²) < 4.78 is 0. The lowest BCUT2D eigenvalue weighted by molar-refractivity contribution is -0.886. The predicted octanol–water partition coefficient (Wildman–Crippen LogP) is 2.33. The number of quaternary nitrogens is 1. The van der Waals surface area contributed by atoms with Crippen molar-refractivity contribution in [3.05, 3.63) is 64.7 Å². The van der Waals surface area contributed by atoms with Crippen molar-refractivity contribution in [2.45, 2.75) is 32.2 Å². The second kappa shape index (κ2) is 5.75. The Hall–Kier alpha value is -2.13. The number of fused-ring (bicyclic) bond motifs is 3. The summed E-state index contributed by atoms with van der Waals surface area (Å²) in [5.74, 6) is 0.607. The summed E-state index contributed by atoms with van der Waals surface area (Å²) in [4.78, 5) is 16.9. The molecule has 1 saturated heterocycles. The lowest BCUT2D eigenvalue weighted by Gasteiger charge is -2.34. The Morgan fingerprint density at radius 2 is 1.79 bits per heavy atom. The van der Waals surface area contributed by atoms with E-state index >= 15 is 0 Å². The number of likely N-dealkylation sites (tertiary alicyclic amines) is 1. The minimum Gasteiger partial charge on any atom is -0.337 e. The average Bonchev–Trinajstić information content (AvgIpc) is 2.88. The molecule has 0 radical (unpaired) electrons. The number of hydrogen-bond donors (Lipinski definition) is 1. The highest BCUT2D eigenvalue weighted by Crippen LogP contribution is 2.43. The van der Waals surface area contributed by atoms with E-state index in [2.05, 4.69) is 44.0 Å². The van der Waals surface area contributed by atoms with Crippen LogP contribution in [0.25, 0.3) is 0 Å². The van der Waals surface area contributed by atoms with Crippen molar-refractivity contribution < 1.29 is 9.69 Å². The van der Waals surface area contributed by atoms with Gasteiger partial charge in [-0.2, -0.15) is 0 Å². The van der Waals surface area contributed by atoms with Crippen LogP contribution in [0.15, 0.2) is 42.5 Å². The van der Waals surface area contributed by atoms with Crippen molar-refractivity contribution in [3.8, 4) is 0 Å². The summed E-state index contributed by atoms with van der Waals surface area (Å²) in [6, 6.07) is 14.8. The molecule has 0 spiro atoms. The fraction of sp³-hybridized carbons (Fsp3) is 0.381. The Balaban J connectivity index is 1.77. The van der Waals surface area contributed by atoms with Crippen LogP contribution in [-0.2, 0) is 0 Å². The molecule has 3 unspecified atom stereocenters. The number of nitrogens with zero attached hydrogens (tertiary/aromatic N) is 1. The molecule has 1 amide bonds. The molecule has 1 N–H and O–H groups in total. The summed E-state index contributed by atoms with van der Waals surface area (Å²) in [5.41, 5.74) is 5.74.